The molecule has 17 heavy (non-hydrogen) atoms. The molecule has 1 N–H and O–H groups in total. The minimum atomic E-state index is -2.55. The minimum Gasteiger partial charge on any atom is -0.383 e. The molecule has 0 aromatic heterocycles. The van der Waals surface area contributed by atoms with Crippen LogP contribution in [0.15, 0.2) is 0 Å². The van der Waals surface area contributed by atoms with Crippen LogP contribution in [0.1, 0.15) is 0 Å². The van der Waals surface area contributed by atoms with Crippen molar-refractivity contribution in [2.24, 2.45) is 0 Å². The molecule has 1 aliphatic rings. The van der Waals surface area contributed by atoms with E-state index in [9.17, 15) is 13.6 Å². The van der Waals surface area contributed by atoms with Gasteiger partial charge < -0.3 is 19.7 Å². The second-order valence-corrected chi connectivity index (χ2v) is 3.73. The van der Waals surface area contributed by atoms with Gasteiger partial charge in [0.1, 0.15) is 6.10 Å². The molecule has 0 aliphatic carbocycles. The number of alkyl halides is 2. The third kappa shape index (κ3) is 4.93. The van der Waals surface area contributed by atoms with E-state index in [1.54, 1.807) is 0 Å². The van der Waals surface area contributed by atoms with Crippen molar-refractivity contribution in [1.82, 2.24) is 10.2 Å². The van der Waals surface area contributed by atoms with Gasteiger partial charge in [0.25, 0.3) is 12.3 Å². The van der Waals surface area contributed by atoms with Gasteiger partial charge >= 0.3 is 0 Å². The maximum Gasteiger partial charge on any atom is 0.255 e. The van der Waals surface area contributed by atoms with E-state index >= 15 is 0 Å². The van der Waals surface area contributed by atoms with Gasteiger partial charge in [-0.15, -0.1) is 0 Å². The van der Waals surface area contributed by atoms with Crippen LogP contribution in [-0.4, -0.2) is 69.8 Å². The van der Waals surface area contributed by atoms with Crippen LogP contribution in [-0.2, 0) is 14.3 Å². The average Bonchev–Trinajstić information content (AvgIpc) is 2.34. The fourth-order valence-corrected chi connectivity index (χ4v) is 1.59. The highest BCUT2D eigenvalue weighted by Gasteiger charge is 2.28. The van der Waals surface area contributed by atoms with E-state index in [4.69, 9.17) is 9.47 Å². The van der Waals surface area contributed by atoms with Gasteiger partial charge in [0.05, 0.1) is 19.8 Å². The summed E-state index contributed by atoms with van der Waals surface area (Å²) in [4.78, 5) is 13.0. The van der Waals surface area contributed by atoms with Gasteiger partial charge in [0.15, 0.2) is 0 Å². The Morgan fingerprint density at radius 1 is 1.65 bits per heavy atom. The second-order valence-electron chi connectivity index (χ2n) is 3.73. The zero-order chi connectivity index (χ0) is 12.7. The van der Waals surface area contributed by atoms with Crippen molar-refractivity contribution in [3.8, 4) is 0 Å². The molecule has 0 radical (unpaired) electrons. The summed E-state index contributed by atoms with van der Waals surface area (Å²) in [7, 11) is 1.46. The summed E-state index contributed by atoms with van der Waals surface area (Å²) < 4.78 is 34.7. The summed E-state index contributed by atoms with van der Waals surface area (Å²) in [6, 6.07) is 0. The molecule has 0 aromatic carbocycles. The molecule has 1 atom stereocenters. The molecule has 100 valence electrons. The number of amides is 1. The Kier molecular flexibility index (Phi) is 6.31. The third-order valence-electron chi connectivity index (χ3n) is 2.44. The first-order chi connectivity index (χ1) is 8.15. The maximum atomic E-state index is 12.3. The first-order valence-electron chi connectivity index (χ1n) is 5.53. The first kappa shape index (κ1) is 14.3. The molecule has 1 amide bonds. The number of hydrogen-bond acceptors (Lipinski definition) is 4. The number of carbonyl (C=O) groups excluding carboxylic acids is 1. The Bertz CT molecular complexity index is 236. The van der Waals surface area contributed by atoms with Crippen molar-refractivity contribution in [1.29, 1.82) is 0 Å². The number of nitrogens with zero attached hydrogens (tertiary/aromatic N) is 1. The third-order valence-corrected chi connectivity index (χ3v) is 2.44. The van der Waals surface area contributed by atoms with Gasteiger partial charge in [0, 0.05) is 26.7 Å². The summed E-state index contributed by atoms with van der Waals surface area (Å²) in [5.74, 6) is -0.408. The molecule has 1 heterocycles. The van der Waals surface area contributed by atoms with Gasteiger partial charge in [-0.25, -0.2) is 8.78 Å². The lowest BCUT2D eigenvalue weighted by atomic mass is 10.2. The van der Waals surface area contributed by atoms with Crippen LogP contribution in [0.5, 0.6) is 0 Å². The number of rotatable bonds is 6. The number of ether oxygens (including phenoxy) is 2. The number of carbonyl (C=O) groups is 1. The van der Waals surface area contributed by atoms with Crippen LogP contribution < -0.4 is 5.32 Å². The van der Waals surface area contributed by atoms with E-state index in [0.29, 0.717) is 19.7 Å². The van der Waals surface area contributed by atoms with E-state index in [2.05, 4.69) is 5.32 Å². The minimum absolute atomic E-state index is 0.152. The quantitative estimate of drug-likeness (QED) is 0.706. The molecule has 1 fully saturated rings. The Labute approximate surface area is 99.0 Å². The molecule has 0 saturated carbocycles. The van der Waals surface area contributed by atoms with Crippen LogP contribution in [0.25, 0.3) is 0 Å². The van der Waals surface area contributed by atoms with Gasteiger partial charge in [-0.3, -0.25) is 4.79 Å². The Balaban J connectivity index is 2.50. The molecular weight excluding hydrogens is 234 g/mol. The highest BCUT2D eigenvalue weighted by molar-refractivity contribution is 5.81. The highest BCUT2D eigenvalue weighted by atomic mass is 19.3. The topological polar surface area (TPSA) is 50.8 Å². The van der Waals surface area contributed by atoms with Gasteiger partial charge in [-0.05, 0) is 0 Å². The molecule has 5 nitrogen and oxygen atoms in total. The van der Waals surface area contributed by atoms with Crippen LogP contribution in [0.2, 0.25) is 0 Å². The van der Waals surface area contributed by atoms with Crippen molar-refractivity contribution in [3.05, 3.63) is 0 Å². The number of hydrogen-bond donors (Lipinski definition) is 1. The lowest BCUT2D eigenvalue weighted by Crippen LogP contribution is -2.51. The van der Waals surface area contributed by atoms with Crippen molar-refractivity contribution in [2.45, 2.75) is 12.5 Å². The number of morpholine rings is 1. The number of methoxy groups -OCH3 is 1. The van der Waals surface area contributed by atoms with Crippen molar-refractivity contribution >= 4 is 5.91 Å². The van der Waals surface area contributed by atoms with Crippen molar-refractivity contribution in [3.63, 3.8) is 0 Å². The van der Waals surface area contributed by atoms with E-state index in [0.717, 1.165) is 4.90 Å². The predicted octanol–water partition coefficient (Wildman–Crippen LogP) is -0.285. The van der Waals surface area contributed by atoms with Crippen molar-refractivity contribution in [2.75, 3.05) is 46.5 Å². The standard InChI is InChI=1S/C10H18F2N2O3/c1-16-5-3-14(7-9(11)12)10(15)8-6-13-2-4-17-8/h8-9,13H,2-7H2,1H3. The van der Waals surface area contributed by atoms with Crippen LogP contribution in [0, 0.1) is 0 Å². The molecule has 1 unspecified atom stereocenters. The zero-order valence-electron chi connectivity index (χ0n) is 9.83. The lowest BCUT2D eigenvalue weighted by Gasteiger charge is -2.29. The maximum absolute atomic E-state index is 12.3. The molecule has 1 rings (SSSR count). The van der Waals surface area contributed by atoms with Gasteiger partial charge in [-0.2, -0.15) is 0 Å². The molecular formula is C10H18F2N2O3. The summed E-state index contributed by atoms with van der Waals surface area (Å²) in [5.41, 5.74) is 0. The van der Waals surface area contributed by atoms with Crippen molar-refractivity contribution < 1.29 is 23.0 Å². The van der Waals surface area contributed by atoms with Gasteiger partial charge in [0.2, 0.25) is 0 Å². The number of halogens is 2. The lowest BCUT2D eigenvalue weighted by molar-refractivity contribution is -0.147. The van der Waals surface area contributed by atoms with E-state index in [1.165, 1.54) is 7.11 Å². The predicted molar refractivity (Wildman–Crippen MR) is 57.1 cm³/mol. The monoisotopic (exact) mass is 252 g/mol. The van der Waals surface area contributed by atoms with Gasteiger partial charge in [-0.1, -0.05) is 0 Å². The highest BCUT2D eigenvalue weighted by Crippen LogP contribution is 2.05. The molecule has 1 aliphatic heterocycles. The Morgan fingerprint density at radius 3 is 2.94 bits per heavy atom. The van der Waals surface area contributed by atoms with E-state index in [1.807, 2.05) is 0 Å². The largest absolute Gasteiger partial charge is 0.383 e. The molecule has 1 saturated heterocycles. The first-order valence-corrected chi connectivity index (χ1v) is 5.53. The van der Waals surface area contributed by atoms with Crippen LogP contribution >= 0.6 is 0 Å². The van der Waals surface area contributed by atoms with E-state index in [-0.39, 0.29) is 13.2 Å². The summed E-state index contributed by atoms with van der Waals surface area (Å²) >= 11 is 0. The Hall–Kier alpha value is -0.790. The summed E-state index contributed by atoms with van der Waals surface area (Å²) in [5, 5.41) is 2.99. The normalized spacial score (nSPS) is 20.6. The Morgan fingerprint density at radius 2 is 2.41 bits per heavy atom. The average molecular weight is 252 g/mol. The van der Waals surface area contributed by atoms with E-state index < -0.39 is 25.0 Å². The summed E-state index contributed by atoms with van der Waals surface area (Å²) in [6.45, 7) is 1.27. The summed E-state index contributed by atoms with van der Waals surface area (Å²) in [6.07, 6.45) is -3.22. The molecule has 0 bridgehead atoms. The molecule has 0 aromatic rings. The fraction of sp³-hybridized carbons (Fsp3) is 0.900. The SMILES string of the molecule is COCCN(CC(F)F)C(=O)C1CNCCO1. The van der Waals surface area contributed by atoms with Crippen LogP contribution in [0.3, 0.4) is 0 Å². The smallest absolute Gasteiger partial charge is 0.255 e. The number of nitrogens with one attached hydrogen (secondary N) is 1. The van der Waals surface area contributed by atoms with Crippen LogP contribution in [0.4, 0.5) is 8.78 Å². The fourth-order valence-electron chi connectivity index (χ4n) is 1.59. The molecule has 0 spiro atoms. The molecule has 7 heteroatoms. The zero-order valence-corrected chi connectivity index (χ0v) is 9.83. The second kappa shape index (κ2) is 7.52.